The van der Waals surface area contributed by atoms with Crippen LogP contribution in [0.3, 0.4) is 0 Å². The Hall–Kier alpha value is -1.73. The summed E-state index contributed by atoms with van der Waals surface area (Å²) in [6.45, 7) is 2.34. The van der Waals surface area contributed by atoms with Gasteiger partial charge in [-0.05, 0) is 37.5 Å². The Kier molecular flexibility index (Phi) is 4.06. The summed E-state index contributed by atoms with van der Waals surface area (Å²) >= 11 is 0. The third-order valence-electron chi connectivity index (χ3n) is 2.89. The molecule has 0 radical (unpaired) electrons. The molecular formula is C14H18N2O2. The first kappa shape index (κ1) is 12.7. The lowest BCUT2D eigenvalue weighted by molar-refractivity contribution is 0.272. The Morgan fingerprint density at radius 1 is 1.44 bits per heavy atom. The van der Waals surface area contributed by atoms with Gasteiger partial charge < -0.3 is 9.47 Å². The van der Waals surface area contributed by atoms with E-state index in [2.05, 4.69) is 11.4 Å². The molecule has 0 saturated heterocycles. The van der Waals surface area contributed by atoms with Gasteiger partial charge in [-0.2, -0.15) is 5.26 Å². The van der Waals surface area contributed by atoms with Crippen molar-refractivity contribution in [3.05, 3.63) is 23.8 Å². The zero-order valence-corrected chi connectivity index (χ0v) is 10.8. The highest BCUT2D eigenvalue weighted by molar-refractivity contribution is 5.42. The Morgan fingerprint density at radius 3 is 2.83 bits per heavy atom. The molecule has 18 heavy (non-hydrogen) atoms. The predicted octanol–water partition coefficient (Wildman–Crippen LogP) is 2.03. The van der Waals surface area contributed by atoms with Crippen LogP contribution in [0.15, 0.2) is 18.2 Å². The number of rotatable bonds is 6. The van der Waals surface area contributed by atoms with Gasteiger partial charge in [0, 0.05) is 6.04 Å². The van der Waals surface area contributed by atoms with Crippen LogP contribution in [0.1, 0.15) is 18.4 Å². The highest BCUT2D eigenvalue weighted by Gasteiger charge is 2.24. The van der Waals surface area contributed by atoms with E-state index in [0.717, 1.165) is 18.4 Å². The molecule has 1 aromatic carbocycles. The molecule has 1 unspecified atom stereocenters. The van der Waals surface area contributed by atoms with Crippen molar-refractivity contribution in [1.82, 2.24) is 5.32 Å². The summed E-state index contributed by atoms with van der Waals surface area (Å²) in [5.41, 5.74) is 1.12. The molecule has 0 spiro atoms. The number of hydrogen-bond donors (Lipinski definition) is 1. The van der Waals surface area contributed by atoms with Crippen molar-refractivity contribution in [2.75, 3.05) is 13.7 Å². The molecule has 0 aliphatic heterocycles. The Balaban J connectivity index is 1.93. The first-order valence-electron chi connectivity index (χ1n) is 6.16. The fraction of sp³-hybridized carbons (Fsp3) is 0.500. The van der Waals surface area contributed by atoms with E-state index in [4.69, 9.17) is 14.7 Å². The maximum Gasteiger partial charge on any atom is 0.161 e. The minimum absolute atomic E-state index is 0.261. The number of nitrogens with zero attached hydrogens (tertiary/aromatic N) is 1. The van der Waals surface area contributed by atoms with Crippen molar-refractivity contribution in [3.8, 4) is 17.6 Å². The third-order valence-corrected chi connectivity index (χ3v) is 2.89. The molecule has 1 aliphatic rings. The molecule has 1 aromatic rings. The van der Waals surface area contributed by atoms with Gasteiger partial charge in [-0.3, -0.25) is 5.32 Å². The lowest BCUT2D eigenvalue weighted by Gasteiger charge is -2.14. The summed E-state index contributed by atoms with van der Waals surface area (Å²) in [7, 11) is 1.62. The van der Waals surface area contributed by atoms with Crippen LogP contribution in [0.2, 0.25) is 0 Å². The van der Waals surface area contributed by atoms with Gasteiger partial charge in [-0.25, -0.2) is 0 Å². The lowest BCUT2D eigenvalue weighted by Crippen LogP contribution is -2.34. The van der Waals surface area contributed by atoms with E-state index in [0.29, 0.717) is 24.1 Å². The number of ether oxygens (including phenoxy) is 2. The first-order valence-corrected chi connectivity index (χ1v) is 6.16. The molecule has 4 nitrogen and oxygen atoms in total. The number of nitriles is 1. The monoisotopic (exact) mass is 246 g/mol. The van der Waals surface area contributed by atoms with E-state index in [1.165, 1.54) is 0 Å². The molecule has 1 N–H and O–H groups in total. The van der Waals surface area contributed by atoms with Gasteiger partial charge in [0.2, 0.25) is 0 Å². The molecule has 1 aliphatic carbocycles. The van der Waals surface area contributed by atoms with Gasteiger partial charge in [0.25, 0.3) is 0 Å². The molecular weight excluding hydrogens is 228 g/mol. The Morgan fingerprint density at radius 2 is 2.22 bits per heavy atom. The number of nitrogens with one attached hydrogen (secondary N) is 1. The molecule has 2 rings (SSSR count). The van der Waals surface area contributed by atoms with Crippen molar-refractivity contribution >= 4 is 0 Å². The minimum atomic E-state index is -0.261. The van der Waals surface area contributed by atoms with E-state index in [1.807, 2.05) is 25.1 Å². The van der Waals surface area contributed by atoms with Crippen molar-refractivity contribution in [2.24, 2.45) is 0 Å². The molecule has 1 saturated carbocycles. The summed E-state index contributed by atoms with van der Waals surface area (Å²) in [5, 5.41) is 12.3. The summed E-state index contributed by atoms with van der Waals surface area (Å²) in [4.78, 5) is 0. The van der Waals surface area contributed by atoms with Crippen LogP contribution in [0.25, 0.3) is 0 Å². The van der Waals surface area contributed by atoms with Crippen molar-refractivity contribution in [3.63, 3.8) is 0 Å². The SMILES string of the molecule is COc1cc(C)ccc1OCC(C#N)NC1CC1. The Labute approximate surface area is 108 Å². The van der Waals surface area contributed by atoms with E-state index >= 15 is 0 Å². The van der Waals surface area contributed by atoms with Gasteiger partial charge in [0.15, 0.2) is 11.5 Å². The topological polar surface area (TPSA) is 54.3 Å². The molecule has 1 fully saturated rings. The van der Waals surface area contributed by atoms with Crippen LogP contribution in [-0.2, 0) is 0 Å². The molecule has 96 valence electrons. The number of hydrogen-bond acceptors (Lipinski definition) is 4. The standard InChI is InChI=1S/C14H18N2O2/c1-10-3-6-13(14(7-10)17-2)18-9-12(8-15)16-11-4-5-11/h3,6-7,11-12,16H,4-5,9H2,1-2H3. The van der Waals surface area contributed by atoms with Crippen LogP contribution in [-0.4, -0.2) is 25.8 Å². The van der Waals surface area contributed by atoms with Crippen molar-refractivity contribution < 1.29 is 9.47 Å². The number of aryl methyl sites for hydroxylation is 1. The normalized spacial score (nSPS) is 15.8. The van der Waals surface area contributed by atoms with Crippen molar-refractivity contribution in [1.29, 1.82) is 5.26 Å². The summed E-state index contributed by atoms with van der Waals surface area (Å²) in [6.07, 6.45) is 2.32. The maximum absolute atomic E-state index is 9.03. The van der Waals surface area contributed by atoms with E-state index < -0.39 is 0 Å². The molecule has 0 heterocycles. The third kappa shape index (κ3) is 3.38. The smallest absolute Gasteiger partial charge is 0.161 e. The fourth-order valence-electron chi connectivity index (χ4n) is 1.72. The second-order valence-corrected chi connectivity index (χ2v) is 4.59. The average Bonchev–Trinajstić information content (AvgIpc) is 3.19. The van der Waals surface area contributed by atoms with Crippen LogP contribution in [0, 0.1) is 18.3 Å². The van der Waals surface area contributed by atoms with Gasteiger partial charge in [0.1, 0.15) is 12.6 Å². The van der Waals surface area contributed by atoms with Crippen LogP contribution in [0.5, 0.6) is 11.5 Å². The van der Waals surface area contributed by atoms with Gasteiger partial charge in [-0.1, -0.05) is 6.07 Å². The minimum Gasteiger partial charge on any atom is -0.493 e. The van der Waals surface area contributed by atoms with Crippen LogP contribution in [0.4, 0.5) is 0 Å². The molecule has 1 atom stereocenters. The summed E-state index contributed by atoms with van der Waals surface area (Å²) in [6, 6.07) is 8.22. The van der Waals surface area contributed by atoms with Crippen molar-refractivity contribution in [2.45, 2.75) is 31.8 Å². The second-order valence-electron chi connectivity index (χ2n) is 4.59. The Bertz CT molecular complexity index is 450. The molecule has 0 aromatic heterocycles. The van der Waals surface area contributed by atoms with E-state index in [9.17, 15) is 0 Å². The summed E-state index contributed by atoms with van der Waals surface area (Å²) < 4.78 is 10.9. The number of methoxy groups -OCH3 is 1. The van der Waals surface area contributed by atoms with Crippen LogP contribution >= 0.6 is 0 Å². The van der Waals surface area contributed by atoms with Gasteiger partial charge in [0.05, 0.1) is 13.2 Å². The highest BCUT2D eigenvalue weighted by atomic mass is 16.5. The van der Waals surface area contributed by atoms with Crippen LogP contribution < -0.4 is 14.8 Å². The van der Waals surface area contributed by atoms with Gasteiger partial charge in [-0.15, -0.1) is 0 Å². The van der Waals surface area contributed by atoms with Gasteiger partial charge >= 0.3 is 0 Å². The highest BCUT2D eigenvalue weighted by Crippen LogP contribution is 2.28. The predicted molar refractivity (Wildman–Crippen MR) is 68.8 cm³/mol. The maximum atomic E-state index is 9.03. The zero-order valence-electron chi connectivity index (χ0n) is 10.8. The average molecular weight is 246 g/mol. The quantitative estimate of drug-likeness (QED) is 0.834. The molecule has 0 bridgehead atoms. The zero-order chi connectivity index (χ0) is 13.0. The molecule has 4 heteroatoms. The summed E-state index contributed by atoms with van der Waals surface area (Å²) in [5.74, 6) is 1.39. The van der Waals surface area contributed by atoms with E-state index in [-0.39, 0.29) is 6.04 Å². The number of benzene rings is 1. The first-order chi connectivity index (χ1) is 8.72. The fourth-order valence-corrected chi connectivity index (χ4v) is 1.72. The van der Waals surface area contributed by atoms with E-state index in [1.54, 1.807) is 7.11 Å². The second kappa shape index (κ2) is 5.74. The molecule has 0 amide bonds. The largest absolute Gasteiger partial charge is 0.493 e. The lowest BCUT2D eigenvalue weighted by atomic mass is 10.2.